The van der Waals surface area contributed by atoms with E-state index in [9.17, 15) is 0 Å². The van der Waals surface area contributed by atoms with Crippen molar-refractivity contribution in [1.82, 2.24) is 15.6 Å². The molecule has 1 heterocycles. The molecule has 0 bridgehead atoms. The molecule has 0 atom stereocenters. The van der Waals surface area contributed by atoms with Gasteiger partial charge in [0.1, 0.15) is 5.82 Å². The molecule has 0 amide bonds. The van der Waals surface area contributed by atoms with E-state index in [1.165, 1.54) is 12.2 Å². The van der Waals surface area contributed by atoms with E-state index in [0.29, 0.717) is 22.4 Å². The quantitative estimate of drug-likeness (QED) is 0.193. The van der Waals surface area contributed by atoms with Crippen LogP contribution in [-0.4, -0.2) is 49.1 Å². The van der Waals surface area contributed by atoms with E-state index in [2.05, 4.69) is 39.1 Å². The molecule has 1 aromatic rings. The van der Waals surface area contributed by atoms with E-state index in [4.69, 9.17) is 23.2 Å². The zero-order valence-corrected chi connectivity index (χ0v) is 18.7. The normalized spacial score (nSPS) is 10.9. The van der Waals surface area contributed by atoms with Crippen molar-refractivity contribution < 1.29 is 0 Å². The third kappa shape index (κ3) is 10.7. The summed E-state index contributed by atoms with van der Waals surface area (Å²) >= 11 is 13.8. The van der Waals surface area contributed by atoms with Crippen molar-refractivity contribution >= 4 is 70.7 Å². The lowest BCUT2D eigenvalue weighted by Crippen LogP contribution is -2.39. The fourth-order valence-corrected chi connectivity index (χ4v) is 2.74. The van der Waals surface area contributed by atoms with Gasteiger partial charge in [0.05, 0.1) is 10.0 Å². The number of nitrogens with zero attached hydrogens (tertiary/aromatic N) is 2. The van der Waals surface area contributed by atoms with Crippen molar-refractivity contribution in [2.45, 2.75) is 19.8 Å². The molecule has 5 nitrogen and oxygen atoms in total. The number of unbranched alkanes of at least 4 members (excludes halogenated alkanes) is 1. The molecule has 0 aliphatic carbocycles. The van der Waals surface area contributed by atoms with E-state index in [1.54, 1.807) is 12.3 Å². The van der Waals surface area contributed by atoms with Gasteiger partial charge in [-0.15, -0.1) is 24.0 Å². The Morgan fingerprint density at radius 3 is 2.71 bits per heavy atom. The summed E-state index contributed by atoms with van der Waals surface area (Å²) < 4.78 is 0. The van der Waals surface area contributed by atoms with Crippen molar-refractivity contribution in [3.05, 3.63) is 22.3 Å². The molecular weight excluding hydrogens is 480 g/mol. The number of aliphatic imine (C=N–C) groups is 1. The molecule has 0 saturated heterocycles. The Kier molecular flexibility index (Phi) is 15.1. The van der Waals surface area contributed by atoms with Crippen molar-refractivity contribution in [3.63, 3.8) is 0 Å². The number of rotatable bonds is 10. The summed E-state index contributed by atoms with van der Waals surface area (Å²) in [4.78, 5) is 8.72. The Hall–Kier alpha value is -0.120. The van der Waals surface area contributed by atoms with Gasteiger partial charge in [-0.25, -0.2) is 4.98 Å². The SMILES string of the molecule is CCNC(=NCCCCSC)NCCNc1ncc(Cl)cc1Cl.I. The van der Waals surface area contributed by atoms with Crippen molar-refractivity contribution in [2.75, 3.05) is 43.5 Å². The molecule has 0 unspecified atom stereocenters. The number of halogens is 3. The van der Waals surface area contributed by atoms with Crippen LogP contribution in [0.3, 0.4) is 0 Å². The number of hydrogen-bond donors (Lipinski definition) is 3. The number of aromatic nitrogens is 1. The molecule has 24 heavy (non-hydrogen) atoms. The Balaban J connectivity index is 0.00000529. The van der Waals surface area contributed by atoms with E-state index < -0.39 is 0 Å². The number of nitrogens with one attached hydrogen (secondary N) is 3. The summed E-state index contributed by atoms with van der Waals surface area (Å²) in [5.74, 6) is 2.67. The highest BCUT2D eigenvalue weighted by Crippen LogP contribution is 2.21. The standard InChI is InChI=1S/C15H25Cl2N5S.HI/c1-3-18-15(20-6-4-5-9-23-2)21-8-7-19-14-13(17)10-12(16)11-22-14;/h10-11H,3-9H2,1-2H3,(H,19,22)(H2,18,20,21);1H. The van der Waals surface area contributed by atoms with Gasteiger partial charge in [-0.1, -0.05) is 23.2 Å². The Morgan fingerprint density at radius 2 is 2.04 bits per heavy atom. The first-order valence-corrected chi connectivity index (χ1v) is 9.88. The molecule has 0 saturated carbocycles. The molecule has 0 aliphatic rings. The molecular formula is C15H26Cl2IN5S. The molecule has 3 N–H and O–H groups in total. The zero-order chi connectivity index (χ0) is 16.9. The summed E-state index contributed by atoms with van der Waals surface area (Å²) in [6, 6.07) is 1.67. The summed E-state index contributed by atoms with van der Waals surface area (Å²) in [5.41, 5.74) is 0. The minimum absolute atomic E-state index is 0. The van der Waals surface area contributed by atoms with Crippen LogP contribution in [0.4, 0.5) is 5.82 Å². The minimum atomic E-state index is 0. The third-order valence-corrected chi connectivity index (χ3v) is 4.08. The second kappa shape index (κ2) is 15.2. The maximum absolute atomic E-state index is 6.06. The second-order valence-corrected chi connectivity index (χ2v) is 6.63. The molecule has 0 fully saturated rings. The Labute approximate surface area is 176 Å². The first-order valence-electron chi connectivity index (χ1n) is 7.73. The molecule has 138 valence electrons. The first-order chi connectivity index (χ1) is 11.2. The van der Waals surface area contributed by atoms with Crippen LogP contribution in [0.2, 0.25) is 10.0 Å². The van der Waals surface area contributed by atoms with Crippen molar-refractivity contribution in [3.8, 4) is 0 Å². The molecule has 0 aromatic carbocycles. The average Bonchev–Trinajstić information content (AvgIpc) is 2.52. The van der Waals surface area contributed by atoms with Crippen LogP contribution in [-0.2, 0) is 0 Å². The predicted molar refractivity (Wildman–Crippen MR) is 120 cm³/mol. The van der Waals surface area contributed by atoms with Gasteiger partial charge in [0.25, 0.3) is 0 Å². The molecule has 1 aromatic heterocycles. The number of hydrogen-bond acceptors (Lipinski definition) is 4. The number of guanidine groups is 1. The zero-order valence-electron chi connectivity index (χ0n) is 14.1. The van der Waals surface area contributed by atoms with Crippen LogP contribution in [0, 0.1) is 0 Å². The molecule has 0 radical (unpaired) electrons. The molecule has 0 spiro atoms. The van der Waals surface area contributed by atoms with E-state index in [-0.39, 0.29) is 24.0 Å². The molecule has 0 aliphatic heterocycles. The van der Waals surface area contributed by atoms with Crippen molar-refractivity contribution in [1.29, 1.82) is 0 Å². The Bertz CT molecular complexity index is 491. The second-order valence-electron chi connectivity index (χ2n) is 4.80. The van der Waals surface area contributed by atoms with Gasteiger partial charge >= 0.3 is 0 Å². The van der Waals surface area contributed by atoms with Crippen LogP contribution in [0.1, 0.15) is 19.8 Å². The highest BCUT2D eigenvalue weighted by atomic mass is 127. The van der Waals surface area contributed by atoms with E-state index in [0.717, 1.165) is 32.0 Å². The maximum atomic E-state index is 6.06. The van der Waals surface area contributed by atoms with Crippen LogP contribution in [0.5, 0.6) is 0 Å². The maximum Gasteiger partial charge on any atom is 0.191 e. The lowest BCUT2D eigenvalue weighted by atomic mass is 10.3. The van der Waals surface area contributed by atoms with Crippen LogP contribution < -0.4 is 16.0 Å². The summed E-state index contributed by atoms with van der Waals surface area (Å²) in [5, 5.41) is 10.7. The number of anilines is 1. The van der Waals surface area contributed by atoms with E-state index >= 15 is 0 Å². The van der Waals surface area contributed by atoms with Gasteiger partial charge in [0, 0.05) is 32.4 Å². The molecule has 1 rings (SSSR count). The van der Waals surface area contributed by atoms with Crippen LogP contribution >= 0.6 is 58.9 Å². The lowest BCUT2D eigenvalue weighted by Gasteiger charge is -2.12. The Morgan fingerprint density at radius 1 is 1.25 bits per heavy atom. The highest BCUT2D eigenvalue weighted by Gasteiger charge is 2.02. The van der Waals surface area contributed by atoms with Gasteiger partial charge in [0.2, 0.25) is 0 Å². The monoisotopic (exact) mass is 505 g/mol. The van der Waals surface area contributed by atoms with Gasteiger partial charge in [0.15, 0.2) is 5.96 Å². The number of pyridine rings is 1. The first kappa shape index (κ1) is 23.9. The summed E-state index contributed by atoms with van der Waals surface area (Å²) in [6.45, 7) is 5.14. The smallest absolute Gasteiger partial charge is 0.191 e. The lowest BCUT2D eigenvalue weighted by molar-refractivity contribution is 0.779. The molecule has 9 heteroatoms. The van der Waals surface area contributed by atoms with Gasteiger partial charge in [-0.2, -0.15) is 11.8 Å². The van der Waals surface area contributed by atoms with Gasteiger partial charge < -0.3 is 16.0 Å². The van der Waals surface area contributed by atoms with Gasteiger partial charge in [-0.3, -0.25) is 4.99 Å². The fourth-order valence-electron chi connectivity index (χ4n) is 1.80. The van der Waals surface area contributed by atoms with Gasteiger partial charge in [-0.05, 0) is 37.8 Å². The average molecular weight is 506 g/mol. The van der Waals surface area contributed by atoms with Crippen molar-refractivity contribution in [2.24, 2.45) is 4.99 Å². The topological polar surface area (TPSA) is 61.3 Å². The third-order valence-electron chi connectivity index (χ3n) is 2.89. The van der Waals surface area contributed by atoms with Crippen LogP contribution in [0.25, 0.3) is 0 Å². The summed E-state index contributed by atoms with van der Waals surface area (Å²) in [7, 11) is 0. The predicted octanol–water partition coefficient (Wildman–Crippen LogP) is 4.12. The van der Waals surface area contributed by atoms with E-state index in [1.807, 2.05) is 11.8 Å². The number of thioether (sulfide) groups is 1. The highest BCUT2D eigenvalue weighted by molar-refractivity contribution is 14.0. The minimum Gasteiger partial charge on any atom is -0.367 e. The largest absolute Gasteiger partial charge is 0.367 e. The summed E-state index contributed by atoms with van der Waals surface area (Å²) in [6.07, 6.45) is 6.01. The van der Waals surface area contributed by atoms with Crippen LogP contribution in [0.15, 0.2) is 17.3 Å². The fraction of sp³-hybridized carbons (Fsp3) is 0.600.